The highest BCUT2D eigenvalue weighted by molar-refractivity contribution is 6.08. The summed E-state index contributed by atoms with van der Waals surface area (Å²) < 4.78 is 0. The van der Waals surface area contributed by atoms with Crippen LogP contribution < -0.4 is 10.2 Å². The minimum absolute atomic E-state index is 0.0611. The lowest BCUT2D eigenvalue weighted by molar-refractivity contribution is -0.655. The molecule has 2 rings (SSSR count). The van der Waals surface area contributed by atoms with Gasteiger partial charge >= 0.3 is 0 Å². The van der Waals surface area contributed by atoms with Crippen molar-refractivity contribution in [2.45, 2.75) is 13.0 Å². The number of anilines is 1. The molecule has 1 aliphatic rings. The number of hydrogen-bond acceptors (Lipinski definition) is 5. The van der Waals surface area contributed by atoms with Crippen LogP contribution >= 0.6 is 0 Å². The van der Waals surface area contributed by atoms with Crippen LogP contribution in [0.15, 0.2) is 35.6 Å². The van der Waals surface area contributed by atoms with E-state index in [-0.39, 0.29) is 18.0 Å². The van der Waals surface area contributed by atoms with Gasteiger partial charge in [0, 0.05) is 19.8 Å². The molecule has 0 aromatic heterocycles. The molecule has 1 atom stereocenters. The van der Waals surface area contributed by atoms with E-state index in [1.54, 1.807) is 0 Å². The molecule has 1 amide bonds. The van der Waals surface area contributed by atoms with Crippen LogP contribution in [0, 0.1) is 0 Å². The van der Waals surface area contributed by atoms with E-state index in [0.29, 0.717) is 19.6 Å². The maximum atomic E-state index is 12.4. The van der Waals surface area contributed by atoms with Crippen molar-refractivity contribution < 1.29 is 25.1 Å². The lowest BCUT2D eigenvalue weighted by atomic mass is 9.96. The van der Waals surface area contributed by atoms with Gasteiger partial charge < -0.3 is 25.3 Å². The highest BCUT2D eigenvalue weighted by Gasteiger charge is 2.42. The summed E-state index contributed by atoms with van der Waals surface area (Å²) in [6, 6.07) is 7.01. The second-order valence-electron chi connectivity index (χ2n) is 6.30. The number of ketones is 1. The monoisotopic (exact) mass is 348 g/mol. The highest BCUT2D eigenvalue weighted by Crippen LogP contribution is 2.37. The van der Waals surface area contributed by atoms with Crippen LogP contribution in [0.2, 0.25) is 0 Å². The Hall–Kier alpha value is -2.38. The molecule has 1 aromatic rings. The second kappa shape index (κ2) is 8.13. The number of rotatable bonds is 8. The van der Waals surface area contributed by atoms with Gasteiger partial charge in [0.05, 0.1) is 37.9 Å². The Labute approximate surface area is 147 Å². The zero-order chi connectivity index (χ0) is 18.6. The van der Waals surface area contributed by atoms with Crippen LogP contribution in [0.3, 0.4) is 0 Å². The van der Waals surface area contributed by atoms with Crippen LogP contribution in [0.1, 0.15) is 18.5 Å². The quantitative estimate of drug-likeness (QED) is 0.555. The number of aliphatic hydroxyl groups excluding tert-OH is 2. The first-order valence-electron chi connectivity index (χ1n) is 8.33. The van der Waals surface area contributed by atoms with Crippen molar-refractivity contribution >= 4 is 17.4 Å². The standard InChI is InChI=1S/C18H25N3O4/c1-12(23)15-16(13-4-6-14(7-5-13)20(2)3)21(18(25)17(15)24)10-8-19-9-11-22/h4-7,16,19,22,24H,8-11H2,1-3H3/p+1/t16-/m1/s1. The predicted octanol–water partition coefficient (Wildman–Crippen LogP) is -0.407. The van der Waals surface area contributed by atoms with E-state index in [4.69, 9.17) is 5.11 Å². The number of hydrogen-bond donors (Lipinski definition) is 3. The van der Waals surface area contributed by atoms with Crippen LogP contribution in [0.5, 0.6) is 0 Å². The van der Waals surface area contributed by atoms with Gasteiger partial charge in [0.1, 0.15) is 0 Å². The van der Waals surface area contributed by atoms with Gasteiger partial charge in [0.25, 0.3) is 5.91 Å². The number of aliphatic hydroxyl groups is 2. The molecule has 4 N–H and O–H groups in total. The molecule has 136 valence electrons. The third-order valence-corrected chi connectivity index (χ3v) is 4.32. The minimum Gasteiger partial charge on any atom is -0.503 e. The van der Waals surface area contributed by atoms with Crippen molar-refractivity contribution in [3.63, 3.8) is 0 Å². The van der Waals surface area contributed by atoms with E-state index in [0.717, 1.165) is 11.3 Å². The Balaban J connectivity index is 2.32. The largest absolute Gasteiger partial charge is 0.503 e. The Morgan fingerprint density at radius 2 is 1.88 bits per heavy atom. The van der Waals surface area contributed by atoms with Crippen molar-refractivity contribution in [1.82, 2.24) is 4.90 Å². The molecular formula is C18H26N3O4+. The molecule has 7 nitrogen and oxygen atoms in total. The summed E-state index contributed by atoms with van der Waals surface area (Å²) in [6.07, 6.45) is 0. The van der Waals surface area contributed by atoms with Crippen molar-refractivity contribution in [2.24, 2.45) is 0 Å². The summed E-state index contributed by atoms with van der Waals surface area (Å²) in [6.45, 7) is 2.92. The number of nitrogens with zero attached hydrogens (tertiary/aromatic N) is 2. The van der Waals surface area contributed by atoms with E-state index in [2.05, 4.69) is 0 Å². The third-order valence-electron chi connectivity index (χ3n) is 4.32. The normalized spacial score (nSPS) is 17.4. The zero-order valence-electron chi connectivity index (χ0n) is 14.9. The van der Waals surface area contributed by atoms with Gasteiger partial charge in [-0.1, -0.05) is 12.1 Å². The maximum absolute atomic E-state index is 12.4. The Bertz CT molecular complexity index is 667. The molecule has 1 aromatic carbocycles. The first-order valence-corrected chi connectivity index (χ1v) is 8.33. The summed E-state index contributed by atoms with van der Waals surface area (Å²) in [7, 11) is 3.87. The van der Waals surface area contributed by atoms with Crippen LogP contribution in [0.25, 0.3) is 0 Å². The summed E-state index contributed by atoms with van der Waals surface area (Å²) >= 11 is 0. The smallest absolute Gasteiger partial charge is 0.290 e. The van der Waals surface area contributed by atoms with Gasteiger partial charge in [-0.25, -0.2) is 0 Å². The number of carbonyl (C=O) groups is 2. The average Bonchev–Trinajstić information content (AvgIpc) is 2.83. The van der Waals surface area contributed by atoms with Gasteiger partial charge in [0.15, 0.2) is 11.5 Å². The molecule has 0 fully saturated rings. The molecule has 0 unspecified atom stereocenters. The Morgan fingerprint density at radius 3 is 2.40 bits per heavy atom. The van der Waals surface area contributed by atoms with Crippen LogP contribution in [-0.4, -0.2) is 67.1 Å². The molecule has 1 heterocycles. The minimum atomic E-state index is -0.580. The third kappa shape index (κ3) is 4.00. The number of quaternary nitrogens is 1. The fraction of sp³-hybridized carbons (Fsp3) is 0.444. The fourth-order valence-corrected chi connectivity index (χ4v) is 3.01. The Morgan fingerprint density at radius 1 is 1.24 bits per heavy atom. The van der Waals surface area contributed by atoms with Crippen molar-refractivity contribution in [1.29, 1.82) is 0 Å². The lowest BCUT2D eigenvalue weighted by Crippen LogP contribution is -2.86. The molecule has 1 aliphatic heterocycles. The highest BCUT2D eigenvalue weighted by atomic mass is 16.3. The summed E-state index contributed by atoms with van der Waals surface area (Å²) in [5.74, 6) is -1.30. The van der Waals surface area contributed by atoms with Crippen molar-refractivity contribution in [3.8, 4) is 0 Å². The molecule has 7 heteroatoms. The number of nitrogens with two attached hydrogens (primary N) is 1. The summed E-state index contributed by atoms with van der Waals surface area (Å²) in [5.41, 5.74) is 1.94. The fourth-order valence-electron chi connectivity index (χ4n) is 3.01. The number of amides is 1. The van der Waals surface area contributed by atoms with Crippen molar-refractivity contribution in [3.05, 3.63) is 41.2 Å². The van der Waals surface area contributed by atoms with E-state index >= 15 is 0 Å². The van der Waals surface area contributed by atoms with E-state index < -0.39 is 17.7 Å². The SMILES string of the molecule is CC(=O)C1=C(O)C(=O)N(CC[NH2+]CCO)[C@@H]1c1ccc(N(C)C)cc1. The molecule has 25 heavy (non-hydrogen) atoms. The predicted molar refractivity (Wildman–Crippen MR) is 94.3 cm³/mol. The zero-order valence-corrected chi connectivity index (χ0v) is 14.9. The molecule has 0 saturated carbocycles. The Kier molecular flexibility index (Phi) is 6.17. The first-order chi connectivity index (χ1) is 11.9. The van der Waals surface area contributed by atoms with Gasteiger partial charge in [0.2, 0.25) is 0 Å². The average molecular weight is 348 g/mol. The molecule has 0 aliphatic carbocycles. The lowest BCUT2D eigenvalue weighted by Gasteiger charge is -2.26. The number of benzene rings is 1. The summed E-state index contributed by atoms with van der Waals surface area (Å²) in [4.78, 5) is 28.0. The molecule has 0 spiro atoms. The molecule has 0 saturated heterocycles. The van der Waals surface area contributed by atoms with Crippen LogP contribution in [-0.2, 0) is 9.59 Å². The van der Waals surface area contributed by atoms with Crippen molar-refractivity contribution in [2.75, 3.05) is 45.2 Å². The van der Waals surface area contributed by atoms with Gasteiger partial charge in [-0.05, 0) is 24.6 Å². The van der Waals surface area contributed by atoms with Gasteiger partial charge in [-0.3, -0.25) is 9.59 Å². The number of Topliss-reactive ketones (excluding diaryl/α,β-unsaturated/α-hetero) is 1. The maximum Gasteiger partial charge on any atom is 0.290 e. The molecule has 0 radical (unpaired) electrons. The van der Waals surface area contributed by atoms with Crippen LogP contribution in [0.4, 0.5) is 5.69 Å². The van der Waals surface area contributed by atoms with Gasteiger partial charge in [-0.2, -0.15) is 0 Å². The molecular weight excluding hydrogens is 322 g/mol. The van der Waals surface area contributed by atoms with Gasteiger partial charge in [-0.15, -0.1) is 0 Å². The van der Waals surface area contributed by atoms with E-state index in [1.165, 1.54) is 11.8 Å². The summed E-state index contributed by atoms with van der Waals surface area (Å²) in [5, 5.41) is 20.9. The van der Waals surface area contributed by atoms with E-state index in [1.807, 2.05) is 48.6 Å². The molecule has 0 bridgehead atoms. The topological polar surface area (TPSA) is 97.7 Å². The second-order valence-corrected chi connectivity index (χ2v) is 6.30. The van der Waals surface area contributed by atoms with E-state index in [9.17, 15) is 14.7 Å². The first kappa shape index (κ1) is 19.0. The number of carbonyl (C=O) groups excluding carboxylic acids is 2.